The molecule has 3 nitrogen and oxygen atoms in total. The van der Waals surface area contributed by atoms with Crippen LogP contribution in [0.1, 0.15) is 24.8 Å². The molecule has 0 aromatic heterocycles. The molecule has 1 aliphatic carbocycles. The maximum absolute atomic E-state index is 10.9. The van der Waals surface area contributed by atoms with Crippen LogP contribution in [0.3, 0.4) is 0 Å². The number of methoxy groups -OCH3 is 1. The fraction of sp³-hybridized carbons (Fsp3) is 0.417. The van der Waals surface area contributed by atoms with E-state index in [1.54, 1.807) is 7.11 Å². The van der Waals surface area contributed by atoms with Crippen molar-refractivity contribution in [2.24, 2.45) is 0 Å². The van der Waals surface area contributed by atoms with Gasteiger partial charge in [-0.1, -0.05) is 22.0 Å². The number of hydrogen-bond acceptors (Lipinski definition) is 2. The largest absolute Gasteiger partial charge is 0.496 e. The minimum atomic E-state index is -0.754. The molecular formula is C12H13BrO3. The van der Waals surface area contributed by atoms with Crippen molar-refractivity contribution in [1.82, 2.24) is 0 Å². The van der Waals surface area contributed by atoms with Crippen molar-refractivity contribution in [2.75, 3.05) is 7.11 Å². The zero-order chi connectivity index (χ0) is 11.8. The van der Waals surface area contributed by atoms with Crippen LogP contribution in [0.25, 0.3) is 0 Å². The van der Waals surface area contributed by atoms with E-state index in [-0.39, 0.29) is 11.8 Å². The van der Waals surface area contributed by atoms with Crippen LogP contribution in [0.15, 0.2) is 22.7 Å². The number of carbonyl (C=O) groups is 1. The summed E-state index contributed by atoms with van der Waals surface area (Å²) in [5.74, 6) is 0.0171. The molecule has 2 rings (SSSR count). The molecule has 86 valence electrons. The monoisotopic (exact) mass is 284 g/mol. The van der Waals surface area contributed by atoms with Gasteiger partial charge in [-0.05, 0) is 25.0 Å². The van der Waals surface area contributed by atoms with Gasteiger partial charge in [-0.2, -0.15) is 0 Å². The second-order valence-electron chi connectivity index (χ2n) is 4.17. The van der Waals surface area contributed by atoms with E-state index < -0.39 is 5.97 Å². The molecule has 0 spiro atoms. The number of benzene rings is 1. The van der Waals surface area contributed by atoms with E-state index in [0.717, 1.165) is 28.6 Å². The number of halogens is 1. The number of aliphatic carboxylic acids is 1. The molecule has 1 N–H and O–H groups in total. The van der Waals surface area contributed by atoms with Crippen LogP contribution in [0, 0.1) is 0 Å². The Kier molecular flexibility index (Phi) is 2.93. The van der Waals surface area contributed by atoms with Crippen molar-refractivity contribution in [3.05, 3.63) is 28.2 Å². The van der Waals surface area contributed by atoms with Gasteiger partial charge < -0.3 is 9.84 Å². The molecule has 0 heterocycles. The minimum absolute atomic E-state index is 0.173. The molecule has 0 radical (unpaired) electrons. The van der Waals surface area contributed by atoms with Crippen molar-refractivity contribution in [3.8, 4) is 5.75 Å². The molecule has 0 unspecified atom stereocenters. The Bertz CT molecular complexity index is 424. The number of hydrogen-bond donors (Lipinski definition) is 1. The van der Waals surface area contributed by atoms with E-state index in [9.17, 15) is 4.79 Å². The molecule has 16 heavy (non-hydrogen) atoms. The highest BCUT2D eigenvalue weighted by Crippen LogP contribution is 2.55. The predicted molar refractivity (Wildman–Crippen MR) is 63.9 cm³/mol. The Morgan fingerprint density at radius 1 is 1.56 bits per heavy atom. The SMILES string of the molecule is COc1cccc(Br)c1C1(CC(=O)O)CC1. The Labute approximate surface area is 103 Å². The van der Waals surface area contributed by atoms with Crippen LogP contribution >= 0.6 is 15.9 Å². The molecular weight excluding hydrogens is 272 g/mol. The fourth-order valence-electron chi connectivity index (χ4n) is 2.14. The first-order valence-electron chi connectivity index (χ1n) is 5.14. The normalized spacial score (nSPS) is 16.9. The standard InChI is InChI=1S/C12H13BrO3/c1-16-9-4-2-3-8(13)11(9)12(5-6-12)7-10(14)15/h2-4H,5-7H2,1H3,(H,14,15). The van der Waals surface area contributed by atoms with Crippen LogP contribution in [0.5, 0.6) is 5.75 Å². The van der Waals surface area contributed by atoms with Gasteiger partial charge in [-0.15, -0.1) is 0 Å². The summed E-state index contributed by atoms with van der Waals surface area (Å²) in [4.78, 5) is 10.9. The summed E-state index contributed by atoms with van der Waals surface area (Å²) >= 11 is 3.48. The third-order valence-electron chi connectivity index (χ3n) is 3.07. The van der Waals surface area contributed by atoms with Crippen LogP contribution in [-0.4, -0.2) is 18.2 Å². The van der Waals surface area contributed by atoms with Gasteiger partial charge in [0.25, 0.3) is 0 Å². The van der Waals surface area contributed by atoms with E-state index >= 15 is 0 Å². The van der Waals surface area contributed by atoms with Crippen LogP contribution in [0.2, 0.25) is 0 Å². The van der Waals surface area contributed by atoms with Crippen molar-refractivity contribution >= 4 is 21.9 Å². The highest BCUT2D eigenvalue weighted by molar-refractivity contribution is 9.10. The Morgan fingerprint density at radius 2 is 2.25 bits per heavy atom. The van der Waals surface area contributed by atoms with Gasteiger partial charge in [0.05, 0.1) is 13.5 Å². The molecule has 1 aliphatic rings. The predicted octanol–water partition coefficient (Wildman–Crippen LogP) is 2.96. The topological polar surface area (TPSA) is 46.5 Å². The quantitative estimate of drug-likeness (QED) is 0.925. The number of ether oxygens (including phenoxy) is 1. The summed E-state index contributed by atoms with van der Waals surface area (Å²) in [5, 5.41) is 8.95. The molecule has 0 aliphatic heterocycles. The zero-order valence-electron chi connectivity index (χ0n) is 9.00. The number of carboxylic acids is 1. The molecule has 1 saturated carbocycles. The fourth-order valence-corrected chi connectivity index (χ4v) is 2.91. The van der Waals surface area contributed by atoms with Gasteiger partial charge in [-0.25, -0.2) is 0 Å². The Hall–Kier alpha value is -1.03. The van der Waals surface area contributed by atoms with Gasteiger partial charge in [0.15, 0.2) is 0 Å². The van der Waals surface area contributed by atoms with E-state index in [4.69, 9.17) is 9.84 Å². The average Bonchev–Trinajstić information content (AvgIpc) is 2.97. The first-order chi connectivity index (χ1) is 7.59. The third kappa shape index (κ3) is 1.94. The van der Waals surface area contributed by atoms with Gasteiger partial charge in [0, 0.05) is 15.5 Å². The van der Waals surface area contributed by atoms with Crippen molar-refractivity contribution < 1.29 is 14.6 Å². The lowest BCUT2D eigenvalue weighted by Crippen LogP contribution is -2.14. The summed E-state index contributed by atoms with van der Waals surface area (Å²) in [6.07, 6.45) is 2.00. The van der Waals surface area contributed by atoms with E-state index in [0.29, 0.717) is 0 Å². The summed E-state index contributed by atoms with van der Waals surface area (Å²) in [5.41, 5.74) is 0.775. The number of carboxylic acid groups (broad SMARTS) is 1. The van der Waals surface area contributed by atoms with E-state index in [2.05, 4.69) is 15.9 Å². The number of rotatable bonds is 4. The Morgan fingerprint density at radius 3 is 2.75 bits per heavy atom. The molecule has 0 atom stereocenters. The summed E-state index contributed by atoms with van der Waals surface area (Å²) in [6.45, 7) is 0. The van der Waals surface area contributed by atoms with Gasteiger partial charge >= 0.3 is 5.97 Å². The van der Waals surface area contributed by atoms with E-state index in [1.165, 1.54) is 0 Å². The minimum Gasteiger partial charge on any atom is -0.496 e. The summed E-state index contributed by atoms with van der Waals surface area (Å²) in [6, 6.07) is 5.70. The lowest BCUT2D eigenvalue weighted by Gasteiger charge is -2.18. The lowest BCUT2D eigenvalue weighted by molar-refractivity contribution is -0.137. The van der Waals surface area contributed by atoms with Gasteiger partial charge in [-0.3, -0.25) is 4.79 Å². The second-order valence-corrected chi connectivity index (χ2v) is 5.02. The molecule has 0 bridgehead atoms. The van der Waals surface area contributed by atoms with Crippen molar-refractivity contribution in [1.29, 1.82) is 0 Å². The molecule has 4 heteroatoms. The first kappa shape index (κ1) is 11.5. The van der Waals surface area contributed by atoms with Crippen LogP contribution in [0.4, 0.5) is 0 Å². The molecule has 0 amide bonds. The highest BCUT2D eigenvalue weighted by atomic mass is 79.9. The molecule has 1 fully saturated rings. The maximum atomic E-state index is 10.9. The van der Waals surface area contributed by atoms with Gasteiger partial charge in [0.1, 0.15) is 5.75 Å². The maximum Gasteiger partial charge on any atom is 0.304 e. The molecule has 1 aromatic carbocycles. The van der Waals surface area contributed by atoms with Crippen LogP contribution in [-0.2, 0) is 10.2 Å². The smallest absolute Gasteiger partial charge is 0.304 e. The molecule has 1 aromatic rings. The van der Waals surface area contributed by atoms with Crippen LogP contribution < -0.4 is 4.74 Å². The van der Waals surface area contributed by atoms with Gasteiger partial charge in [0.2, 0.25) is 0 Å². The Balaban J connectivity index is 2.43. The third-order valence-corrected chi connectivity index (χ3v) is 3.73. The van der Waals surface area contributed by atoms with Crippen molar-refractivity contribution in [2.45, 2.75) is 24.7 Å². The lowest BCUT2D eigenvalue weighted by atomic mass is 9.91. The average molecular weight is 285 g/mol. The summed E-state index contributed by atoms with van der Waals surface area (Å²) < 4.78 is 6.25. The van der Waals surface area contributed by atoms with E-state index in [1.807, 2.05) is 18.2 Å². The molecule has 0 saturated heterocycles. The van der Waals surface area contributed by atoms with Crippen molar-refractivity contribution in [3.63, 3.8) is 0 Å². The summed E-state index contributed by atoms with van der Waals surface area (Å²) in [7, 11) is 1.61. The zero-order valence-corrected chi connectivity index (χ0v) is 10.6. The second kappa shape index (κ2) is 4.09. The highest BCUT2D eigenvalue weighted by Gasteiger charge is 2.48. The first-order valence-corrected chi connectivity index (χ1v) is 5.93.